The second-order valence-electron chi connectivity index (χ2n) is 3.09. The monoisotopic (exact) mass is 254 g/mol. The summed E-state index contributed by atoms with van der Waals surface area (Å²) in [6, 6.07) is 4.10. The Kier molecular flexibility index (Phi) is 4.21. The normalized spacial score (nSPS) is 9.93. The van der Waals surface area contributed by atoms with Crippen LogP contribution < -0.4 is 9.09 Å². The first-order valence-electron chi connectivity index (χ1n) is 4.61. The molecule has 14 heavy (non-hydrogen) atoms. The minimum atomic E-state index is 0.480. The number of methoxy groups -OCH3 is 1. The van der Waals surface area contributed by atoms with Gasteiger partial charge in [0.05, 0.1) is 0 Å². The van der Waals surface area contributed by atoms with E-state index in [0.717, 1.165) is 24.0 Å². The van der Waals surface area contributed by atoms with Gasteiger partial charge in [-0.3, -0.25) is 0 Å². The summed E-state index contributed by atoms with van der Waals surface area (Å²) in [6.45, 7) is 2.10. The van der Waals surface area contributed by atoms with Crippen LogP contribution in [0, 0.1) is 0 Å². The maximum atomic E-state index is 10.4. The molecule has 2 nitrogen and oxygen atoms in total. The summed E-state index contributed by atoms with van der Waals surface area (Å²) in [5.74, 6) is 0.894. The summed E-state index contributed by atoms with van der Waals surface area (Å²) < 4.78 is 6.49. The fourth-order valence-corrected chi connectivity index (χ4v) is 2.26. The van der Waals surface area contributed by atoms with Gasteiger partial charge in [0.2, 0.25) is 0 Å². The minimum absolute atomic E-state index is 0.480. The zero-order valence-electron chi connectivity index (χ0n) is 8.54. The number of carbonyl (C=O) groups is 1. The molecule has 0 saturated heterocycles. The van der Waals surface area contributed by atoms with Crippen LogP contribution in [0.3, 0.4) is 0 Å². The Hall–Kier alpha value is -0.752. The first kappa shape index (κ1) is 11.3. The molecule has 0 amide bonds. The van der Waals surface area contributed by atoms with Crippen molar-refractivity contribution in [3.05, 3.63) is 23.3 Å². The van der Waals surface area contributed by atoms with Gasteiger partial charge in [-0.2, -0.15) is 0 Å². The van der Waals surface area contributed by atoms with Gasteiger partial charge in [0.15, 0.2) is 0 Å². The predicted octanol–water partition coefficient (Wildman–Crippen LogP) is 0.257. The second-order valence-corrected chi connectivity index (χ2v) is 4.39. The van der Waals surface area contributed by atoms with E-state index in [1.165, 1.54) is 9.91 Å². The van der Waals surface area contributed by atoms with Crippen LogP contribution in [0.15, 0.2) is 12.1 Å². The molecule has 0 radical (unpaired) electrons. The van der Waals surface area contributed by atoms with Crippen LogP contribution in [0.1, 0.15) is 18.1 Å². The van der Waals surface area contributed by atoms with Crippen LogP contribution in [0.5, 0.6) is 5.75 Å². The molecule has 0 spiro atoms. The number of carbonyl (C=O) groups excluding carboxylic acids is 1. The van der Waals surface area contributed by atoms with Crippen molar-refractivity contribution in [3.63, 3.8) is 0 Å². The fraction of sp³-hybridized carbons (Fsp3) is 0.364. The standard InChI is InChI=1S/C11H15AsO2/c1-3-8-6-10(12)9(4-5-13)7-11(8)14-2/h5-7H,3-4,12H2,1-2H3. The zero-order chi connectivity index (χ0) is 10.6. The SMILES string of the molecule is CCc1cc([AsH2])c(CC=O)cc1OC. The van der Waals surface area contributed by atoms with Gasteiger partial charge in [-0.25, -0.2) is 0 Å². The Labute approximate surface area is 93.2 Å². The molecule has 0 aliphatic rings. The number of rotatable bonds is 4. The van der Waals surface area contributed by atoms with Crippen LogP contribution in [-0.2, 0) is 17.6 Å². The number of hydrogen-bond acceptors (Lipinski definition) is 2. The first-order chi connectivity index (χ1) is 6.72. The Morgan fingerprint density at radius 1 is 1.43 bits per heavy atom. The van der Waals surface area contributed by atoms with E-state index >= 15 is 0 Å². The van der Waals surface area contributed by atoms with Gasteiger partial charge in [0, 0.05) is 0 Å². The maximum absolute atomic E-state index is 10.4. The Bertz CT molecular complexity index is 334. The fourth-order valence-electron chi connectivity index (χ4n) is 1.42. The van der Waals surface area contributed by atoms with E-state index in [4.69, 9.17) is 4.74 Å². The molecule has 76 valence electrons. The second kappa shape index (κ2) is 5.21. The Balaban J connectivity index is 3.15. The molecular formula is C11H15AsO2. The molecule has 1 aromatic rings. The average molecular weight is 254 g/mol. The van der Waals surface area contributed by atoms with Crippen molar-refractivity contribution in [3.8, 4) is 5.75 Å². The van der Waals surface area contributed by atoms with Gasteiger partial charge < -0.3 is 0 Å². The van der Waals surface area contributed by atoms with E-state index in [0.29, 0.717) is 6.42 Å². The van der Waals surface area contributed by atoms with Crippen LogP contribution in [0.2, 0.25) is 0 Å². The summed E-state index contributed by atoms with van der Waals surface area (Å²) >= 11 is 1.55. The molecule has 3 heteroatoms. The van der Waals surface area contributed by atoms with Crippen LogP contribution in [0.4, 0.5) is 0 Å². The third kappa shape index (κ3) is 2.39. The molecule has 0 aromatic heterocycles. The summed E-state index contributed by atoms with van der Waals surface area (Å²) in [6.07, 6.45) is 2.37. The molecule has 1 atom stereocenters. The summed E-state index contributed by atoms with van der Waals surface area (Å²) in [5.41, 5.74) is 2.29. The van der Waals surface area contributed by atoms with Crippen molar-refractivity contribution < 1.29 is 9.53 Å². The van der Waals surface area contributed by atoms with Crippen molar-refractivity contribution in [2.45, 2.75) is 19.8 Å². The van der Waals surface area contributed by atoms with E-state index in [2.05, 4.69) is 13.0 Å². The van der Waals surface area contributed by atoms with Crippen molar-refractivity contribution in [2.24, 2.45) is 0 Å². The first-order valence-corrected chi connectivity index (χ1v) is 5.83. The van der Waals surface area contributed by atoms with Crippen molar-refractivity contribution in [1.29, 1.82) is 0 Å². The zero-order valence-corrected chi connectivity index (χ0v) is 11.0. The van der Waals surface area contributed by atoms with E-state index in [1.54, 1.807) is 24.0 Å². The van der Waals surface area contributed by atoms with Crippen LogP contribution in [0.25, 0.3) is 0 Å². The molecule has 0 fully saturated rings. The molecule has 1 rings (SSSR count). The third-order valence-electron chi connectivity index (χ3n) is 2.23. The Morgan fingerprint density at radius 2 is 2.14 bits per heavy atom. The third-order valence-corrected chi connectivity index (χ3v) is 3.35. The van der Waals surface area contributed by atoms with E-state index in [1.807, 2.05) is 6.07 Å². The van der Waals surface area contributed by atoms with Crippen molar-refractivity contribution in [1.82, 2.24) is 0 Å². The number of aryl methyl sites for hydroxylation is 1. The molecule has 0 aliphatic heterocycles. The number of benzene rings is 1. The summed E-state index contributed by atoms with van der Waals surface area (Å²) in [7, 11) is 1.67. The average Bonchev–Trinajstić information content (AvgIpc) is 2.20. The van der Waals surface area contributed by atoms with Gasteiger partial charge >= 0.3 is 92.9 Å². The van der Waals surface area contributed by atoms with E-state index < -0.39 is 0 Å². The molecule has 1 unspecified atom stereocenters. The van der Waals surface area contributed by atoms with Gasteiger partial charge in [0.25, 0.3) is 0 Å². The van der Waals surface area contributed by atoms with Gasteiger partial charge in [-0.1, -0.05) is 0 Å². The number of aldehydes is 1. The molecule has 0 N–H and O–H groups in total. The van der Waals surface area contributed by atoms with Gasteiger partial charge in [0.1, 0.15) is 0 Å². The quantitative estimate of drug-likeness (QED) is 0.569. The molecule has 0 bridgehead atoms. The van der Waals surface area contributed by atoms with E-state index in [-0.39, 0.29) is 0 Å². The number of hydrogen-bond donors (Lipinski definition) is 0. The number of ether oxygens (including phenoxy) is 1. The molecule has 0 aliphatic carbocycles. The topological polar surface area (TPSA) is 26.3 Å². The van der Waals surface area contributed by atoms with Crippen LogP contribution >= 0.6 is 0 Å². The molecule has 0 saturated carbocycles. The van der Waals surface area contributed by atoms with Gasteiger partial charge in [-0.15, -0.1) is 0 Å². The van der Waals surface area contributed by atoms with Gasteiger partial charge in [-0.05, 0) is 0 Å². The van der Waals surface area contributed by atoms with E-state index in [9.17, 15) is 4.79 Å². The molecule has 1 aromatic carbocycles. The van der Waals surface area contributed by atoms with Crippen LogP contribution in [-0.4, -0.2) is 30.2 Å². The summed E-state index contributed by atoms with van der Waals surface area (Å²) in [4.78, 5) is 10.4. The molecular weight excluding hydrogens is 239 g/mol. The van der Waals surface area contributed by atoms with Crippen molar-refractivity contribution in [2.75, 3.05) is 7.11 Å². The van der Waals surface area contributed by atoms with Crippen molar-refractivity contribution >= 4 is 27.5 Å². The predicted molar refractivity (Wildman–Crippen MR) is 60.3 cm³/mol. The Morgan fingerprint density at radius 3 is 2.64 bits per heavy atom. The molecule has 0 heterocycles. The summed E-state index contributed by atoms with van der Waals surface area (Å²) in [5, 5.41) is 0.